The minimum Gasteiger partial charge on any atom is -0.326 e. The number of nitrogens with one attached hydrogen (secondary N) is 2. The molecule has 2 aliphatic rings. The zero-order valence-electron chi connectivity index (χ0n) is 12.2. The van der Waals surface area contributed by atoms with Crippen LogP contribution in [-0.4, -0.2) is 13.0 Å². The fourth-order valence-electron chi connectivity index (χ4n) is 3.29. The first-order valence-corrected chi connectivity index (χ1v) is 7.86. The number of carbonyl (C=O) groups excluding carboxylic acids is 1. The Morgan fingerprint density at radius 3 is 2.85 bits per heavy atom. The van der Waals surface area contributed by atoms with Crippen LogP contribution in [0.15, 0.2) is 18.2 Å². The lowest BCUT2D eigenvalue weighted by atomic mass is 9.79. The predicted molar refractivity (Wildman–Crippen MR) is 81.8 cm³/mol. The molecule has 1 heterocycles. The van der Waals surface area contributed by atoms with Crippen molar-refractivity contribution in [2.45, 2.75) is 51.0 Å². The Balaban J connectivity index is 1.79. The van der Waals surface area contributed by atoms with Crippen molar-refractivity contribution in [2.75, 3.05) is 12.4 Å². The average molecular weight is 272 g/mol. The van der Waals surface area contributed by atoms with Crippen molar-refractivity contribution >= 4 is 11.6 Å². The molecule has 0 aromatic heterocycles. The van der Waals surface area contributed by atoms with Gasteiger partial charge >= 0.3 is 0 Å². The standard InChI is InChI=1S/C17H24N2O/c1-18-16(10-12-4-2-5-12)14-8-9-15-13(11-14)6-3-7-17(20)19-15/h8-9,11-12,16,18H,2-7,10H2,1H3,(H,19,20). The zero-order chi connectivity index (χ0) is 13.9. The number of benzene rings is 1. The smallest absolute Gasteiger partial charge is 0.224 e. The third-order valence-electron chi connectivity index (χ3n) is 4.80. The molecule has 1 atom stereocenters. The van der Waals surface area contributed by atoms with Crippen molar-refractivity contribution in [2.24, 2.45) is 5.92 Å². The van der Waals surface area contributed by atoms with Crippen LogP contribution in [0.2, 0.25) is 0 Å². The molecule has 1 amide bonds. The average Bonchev–Trinajstić information content (AvgIpc) is 2.58. The van der Waals surface area contributed by atoms with Gasteiger partial charge < -0.3 is 10.6 Å². The number of anilines is 1. The summed E-state index contributed by atoms with van der Waals surface area (Å²) >= 11 is 0. The maximum absolute atomic E-state index is 11.6. The number of hydrogen-bond acceptors (Lipinski definition) is 2. The summed E-state index contributed by atoms with van der Waals surface area (Å²) in [6, 6.07) is 6.99. The van der Waals surface area contributed by atoms with Gasteiger partial charge in [0.15, 0.2) is 0 Å². The van der Waals surface area contributed by atoms with Gasteiger partial charge in [0.25, 0.3) is 0 Å². The van der Waals surface area contributed by atoms with E-state index in [1.54, 1.807) is 0 Å². The van der Waals surface area contributed by atoms with Crippen LogP contribution in [0.4, 0.5) is 5.69 Å². The van der Waals surface area contributed by atoms with Crippen molar-refractivity contribution in [1.29, 1.82) is 0 Å². The first-order valence-electron chi connectivity index (χ1n) is 7.86. The number of aryl methyl sites for hydroxylation is 1. The molecular weight excluding hydrogens is 248 g/mol. The number of carbonyl (C=O) groups is 1. The molecule has 0 bridgehead atoms. The van der Waals surface area contributed by atoms with E-state index >= 15 is 0 Å². The highest BCUT2D eigenvalue weighted by Crippen LogP contribution is 2.35. The van der Waals surface area contributed by atoms with E-state index in [1.165, 1.54) is 36.8 Å². The van der Waals surface area contributed by atoms with E-state index in [9.17, 15) is 4.79 Å². The second-order valence-electron chi connectivity index (χ2n) is 6.19. The van der Waals surface area contributed by atoms with E-state index in [1.807, 2.05) is 0 Å². The number of hydrogen-bond donors (Lipinski definition) is 2. The SMILES string of the molecule is CNC(CC1CCC1)c1ccc2c(c1)CCCC(=O)N2. The van der Waals surface area contributed by atoms with Crippen molar-refractivity contribution in [3.8, 4) is 0 Å². The quantitative estimate of drug-likeness (QED) is 0.882. The first kappa shape index (κ1) is 13.6. The number of fused-ring (bicyclic) bond motifs is 1. The monoisotopic (exact) mass is 272 g/mol. The molecule has 1 aromatic rings. The van der Waals surface area contributed by atoms with Crippen LogP contribution in [0.5, 0.6) is 0 Å². The van der Waals surface area contributed by atoms with Crippen LogP contribution >= 0.6 is 0 Å². The molecule has 1 aliphatic carbocycles. The lowest BCUT2D eigenvalue weighted by molar-refractivity contribution is -0.116. The van der Waals surface area contributed by atoms with Gasteiger partial charge in [0.1, 0.15) is 0 Å². The molecule has 3 nitrogen and oxygen atoms in total. The molecule has 0 spiro atoms. The Kier molecular flexibility index (Phi) is 4.06. The van der Waals surface area contributed by atoms with Crippen molar-refractivity contribution in [1.82, 2.24) is 5.32 Å². The van der Waals surface area contributed by atoms with Crippen LogP contribution in [0, 0.1) is 5.92 Å². The predicted octanol–water partition coefficient (Wildman–Crippen LogP) is 3.41. The Morgan fingerprint density at radius 2 is 2.15 bits per heavy atom. The lowest BCUT2D eigenvalue weighted by Gasteiger charge is -2.30. The van der Waals surface area contributed by atoms with Crippen LogP contribution in [0.1, 0.15) is 55.7 Å². The van der Waals surface area contributed by atoms with Crippen molar-refractivity contribution in [3.05, 3.63) is 29.3 Å². The number of rotatable bonds is 4. The van der Waals surface area contributed by atoms with E-state index in [-0.39, 0.29) is 5.91 Å². The highest BCUT2D eigenvalue weighted by atomic mass is 16.1. The van der Waals surface area contributed by atoms with Crippen LogP contribution < -0.4 is 10.6 Å². The lowest BCUT2D eigenvalue weighted by Crippen LogP contribution is -2.23. The topological polar surface area (TPSA) is 41.1 Å². The van der Waals surface area contributed by atoms with Gasteiger partial charge in [-0.15, -0.1) is 0 Å². The fourth-order valence-corrected chi connectivity index (χ4v) is 3.29. The third-order valence-corrected chi connectivity index (χ3v) is 4.80. The molecular formula is C17H24N2O. The van der Waals surface area contributed by atoms with Crippen LogP contribution in [0.3, 0.4) is 0 Å². The van der Waals surface area contributed by atoms with Crippen LogP contribution in [-0.2, 0) is 11.2 Å². The molecule has 1 unspecified atom stereocenters. The van der Waals surface area contributed by atoms with Gasteiger partial charge in [-0.25, -0.2) is 0 Å². The summed E-state index contributed by atoms with van der Waals surface area (Å²) in [7, 11) is 2.05. The molecule has 2 N–H and O–H groups in total. The summed E-state index contributed by atoms with van der Waals surface area (Å²) in [5.74, 6) is 1.04. The second kappa shape index (κ2) is 5.96. The van der Waals surface area contributed by atoms with E-state index < -0.39 is 0 Å². The van der Waals surface area contributed by atoms with Crippen molar-refractivity contribution < 1.29 is 4.79 Å². The molecule has 0 radical (unpaired) electrons. The molecule has 1 aliphatic heterocycles. The van der Waals surface area contributed by atoms with Crippen molar-refractivity contribution in [3.63, 3.8) is 0 Å². The summed E-state index contributed by atoms with van der Waals surface area (Å²) in [5.41, 5.74) is 3.67. The maximum atomic E-state index is 11.6. The Bertz CT molecular complexity index is 494. The zero-order valence-corrected chi connectivity index (χ0v) is 12.2. The summed E-state index contributed by atoms with van der Waals surface area (Å²) in [6.45, 7) is 0. The Morgan fingerprint density at radius 1 is 1.30 bits per heavy atom. The Hall–Kier alpha value is -1.35. The first-order chi connectivity index (χ1) is 9.76. The van der Waals surface area contributed by atoms with Gasteiger partial charge in [-0.3, -0.25) is 4.79 Å². The van der Waals surface area contributed by atoms with Crippen LogP contribution in [0.25, 0.3) is 0 Å². The molecule has 3 rings (SSSR count). The molecule has 1 aromatic carbocycles. The van der Waals surface area contributed by atoms with Gasteiger partial charge in [0.2, 0.25) is 5.91 Å². The molecule has 1 saturated carbocycles. The fraction of sp³-hybridized carbons (Fsp3) is 0.588. The largest absolute Gasteiger partial charge is 0.326 e. The van der Waals surface area contributed by atoms with Gasteiger partial charge in [0.05, 0.1) is 0 Å². The molecule has 1 fully saturated rings. The summed E-state index contributed by atoms with van der Waals surface area (Å²) in [4.78, 5) is 11.6. The summed E-state index contributed by atoms with van der Waals surface area (Å²) in [6.07, 6.45) is 8.01. The van der Waals surface area contributed by atoms with E-state index in [4.69, 9.17) is 0 Å². The van der Waals surface area contributed by atoms with Gasteiger partial charge in [-0.2, -0.15) is 0 Å². The number of amides is 1. The van der Waals surface area contributed by atoms with E-state index in [0.29, 0.717) is 12.5 Å². The second-order valence-corrected chi connectivity index (χ2v) is 6.19. The van der Waals surface area contributed by atoms with Gasteiger partial charge in [-0.1, -0.05) is 31.4 Å². The maximum Gasteiger partial charge on any atom is 0.224 e. The molecule has 0 saturated heterocycles. The minimum absolute atomic E-state index is 0.149. The highest BCUT2D eigenvalue weighted by molar-refractivity contribution is 5.92. The van der Waals surface area contributed by atoms with Gasteiger partial charge in [0, 0.05) is 18.2 Å². The highest BCUT2D eigenvalue weighted by Gasteiger charge is 2.23. The van der Waals surface area contributed by atoms with E-state index in [2.05, 4.69) is 35.9 Å². The molecule has 3 heteroatoms. The normalized spacial score (nSPS) is 20.6. The summed E-state index contributed by atoms with van der Waals surface area (Å²) in [5, 5.41) is 6.47. The molecule has 108 valence electrons. The van der Waals surface area contributed by atoms with E-state index in [0.717, 1.165) is 24.4 Å². The van der Waals surface area contributed by atoms with Gasteiger partial charge in [-0.05, 0) is 49.4 Å². The Labute approximate surface area is 121 Å². The molecule has 20 heavy (non-hydrogen) atoms. The third kappa shape index (κ3) is 2.88. The minimum atomic E-state index is 0.149. The summed E-state index contributed by atoms with van der Waals surface area (Å²) < 4.78 is 0.